The first kappa shape index (κ1) is 16.9. The molecular formula is C20H37N3. The maximum absolute atomic E-state index is 8.49. The van der Waals surface area contributed by atoms with Crippen molar-refractivity contribution in [2.45, 2.75) is 61.8 Å². The highest BCUT2D eigenvalue weighted by atomic mass is 15.3. The van der Waals surface area contributed by atoms with Crippen LogP contribution in [0.25, 0.3) is 0 Å². The second-order valence-corrected chi connectivity index (χ2v) is 8.96. The molecule has 1 aliphatic heterocycles. The number of nitrogens with zero attached hydrogens (tertiary/aromatic N) is 1. The van der Waals surface area contributed by atoms with E-state index in [-0.39, 0.29) is 0 Å². The Labute approximate surface area is 144 Å². The van der Waals surface area contributed by atoms with Crippen molar-refractivity contribution >= 4 is 5.84 Å². The maximum Gasteiger partial charge on any atom is 0.190 e. The highest BCUT2D eigenvalue weighted by Gasteiger charge is 2.48. The molecule has 4 unspecified atom stereocenters. The Kier molecular flexibility index (Phi) is 5.03. The van der Waals surface area contributed by atoms with Gasteiger partial charge in [0.25, 0.3) is 0 Å². The normalized spacial score (nSPS) is 32.8. The Balaban J connectivity index is 2.69. The minimum Gasteiger partial charge on any atom is -0.385 e. The average Bonchev–Trinajstić information content (AvgIpc) is 2.43. The first-order valence-corrected chi connectivity index (χ1v) is 9.42. The predicted octanol–water partition coefficient (Wildman–Crippen LogP) is 4.61. The molecule has 0 radical (unpaired) electrons. The summed E-state index contributed by atoms with van der Waals surface area (Å²) in [7, 11) is 0. The molecule has 1 heterocycles. The van der Waals surface area contributed by atoms with Gasteiger partial charge in [0.2, 0.25) is 0 Å². The van der Waals surface area contributed by atoms with Gasteiger partial charge in [-0.2, -0.15) is 5.10 Å². The van der Waals surface area contributed by atoms with Crippen LogP contribution < -0.4 is 11.2 Å². The van der Waals surface area contributed by atoms with Crippen LogP contribution in [0.4, 0.5) is 0 Å². The highest BCUT2D eigenvalue weighted by Crippen LogP contribution is 2.53. The predicted molar refractivity (Wildman–Crippen MR) is 99.7 cm³/mol. The lowest BCUT2D eigenvalue weighted by molar-refractivity contribution is 0.0406. The molecular weight excluding hydrogens is 282 g/mol. The highest BCUT2D eigenvalue weighted by molar-refractivity contribution is 5.83. The Morgan fingerprint density at radius 1 is 0.913 bits per heavy atom. The van der Waals surface area contributed by atoms with Crippen molar-refractivity contribution in [3.63, 3.8) is 0 Å². The first-order valence-electron chi connectivity index (χ1n) is 9.87. The van der Waals surface area contributed by atoms with E-state index >= 15 is 0 Å². The van der Waals surface area contributed by atoms with E-state index in [0.717, 1.165) is 12.1 Å². The summed E-state index contributed by atoms with van der Waals surface area (Å²) < 4.78 is 8.49. The standard InChI is InChI=1S/C20H37N3/c1-10(2)16-14-9-15(21)22-23-20(14)19(13(7)8)18(12(5)6)17(16)11(3)4/h10-13,16-19,23H,9H2,1-8H3,(H2,21,22)/i/hD. The molecule has 3 heteroatoms. The monoisotopic (exact) mass is 320 g/mol. The van der Waals surface area contributed by atoms with Gasteiger partial charge in [0.05, 0.1) is 0 Å². The summed E-state index contributed by atoms with van der Waals surface area (Å²) in [5.74, 6) is 4.95. The summed E-state index contributed by atoms with van der Waals surface area (Å²) in [4.78, 5) is 0. The minimum absolute atomic E-state index is 0.386. The fourth-order valence-electron chi connectivity index (χ4n) is 5.29. The quantitative estimate of drug-likeness (QED) is 0.795. The van der Waals surface area contributed by atoms with E-state index in [1.165, 1.54) is 11.0 Å². The molecule has 3 nitrogen and oxygen atoms in total. The third kappa shape index (κ3) is 3.29. The number of rotatable bonds is 4. The fraction of sp³-hybridized carbons (Fsp3) is 0.850. The van der Waals surface area contributed by atoms with Crippen LogP contribution >= 0.6 is 0 Å². The number of nitrogens with two attached hydrogens (primary N) is 1. The molecule has 0 fully saturated rings. The summed E-state index contributed by atoms with van der Waals surface area (Å²) in [6.45, 7) is 18.7. The number of hydrogen-bond acceptors (Lipinski definition) is 3. The molecule has 23 heavy (non-hydrogen) atoms. The average molecular weight is 321 g/mol. The molecule has 0 aromatic rings. The summed E-state index contributed by atoms with van der Waals surface area (Å²) in [5, 5.41) is 4.29. The second kappa shape index (κ2) is 6.86. The van der Waals surface area contributed by atoms with Crippen LogP contribution in [0.15, 0.2) is 16.4 Å². The van der Waals surface area contributed by atoms with Gasteiger partial charge in [0.15, 0.2) is 1.41 Å². The molecule has 132 valence electrons. The SMILES string of the molecule is [2H]N1N=C(N)CC2=C1C(C(C)C)C(C(C)C)C(C(C)C)C2C(C)C. The molecule has 2 aliphatic rings. The minimum atomic E-state index is 0.386. The molecule has 0 aromatic carbocycles. The molecule has 0 spiro atoms. The summed E-state index contributed by atoms with van der Waals surface area (Å²) in [6, 6.07) is 0. The number of amidine groups is 1. The Hall–Kier alpha value is -0.990. The Morgan fingerprint density at radius 2 is 1.39 bits per heavy atom. The Morgan fingerprint density at radius 3 is 1.83 bits per heavy atom. The zero-order valence-corrected chi connectivity index (χ0v) is 16.3. The molecule has 0 saturated carbocycles. The number of allylic oxidation sites excluding steroid dienone is 1. The zero-order chi connectivity index (χ0) is 18.3. The van der Waals surface area contributed by atoms with E-state index in [9.17, 15) is 0 Å². The summed E-state index contributed by atoms with van der Waals surface area (Å²) in [6.07, 6.45) is 0.741. The molecule has 0 saturated heterocycles. The van der Waals surface area contributed by atoms with Crippen molar-refractivity contribution in [2.24, 2.45) is 58.2 Å². The largest absolute Gasteiger partial charge is 0.385 e. The van der Waals surface area contributed by atoms with Crippen LogP contribution in [0, 0.1) is 47.3 Å². The van der Waals surface area contributed by atoms with Gasteiger partial charge >= 0.3 is 0 Å². The van der Waals surface area contributed by atoms with Crippen LogP contribution in [-0.2, 0) is 0 Å². The molecule has 0 aromatic heterocycles. The summed E-state index contributed by atoms with van der Waals surface area (Å²) >= 11 is 0. The second-order valence-electron chi connectivity index (χ2n) is 8.96. The van der Waals surface area contributed by atoms with Gasteiger partial charge in [0.1, 0.15) is 5.84 Å². The van der Waals surface area contributed by atoms with Crippen LogP contribution in [0.2, 0.25) is 1.41 Å². The zero-order valence-electron chi connectivity index (χ0n) is 17.3. The van der Waals surface area contributed by atoms with Crippen molar-refractivity contribution < 1.29 is 1.41 Å². The van der Waals surface area contributed by atoms with Crippen LogP contribution in [0.5, 0.6) is 0 Å². The van der Waals surface area contributed by atoms with E-state index in [1.807, 2.05) is 0 Å². The lowest BCUT2D eigenvalue weighted by atomic mass is 9.54. The number of nitrogens with one attached hydrogen (secondary N) is 1. The topological polar surface area (TPSA) is 50.4 Å². The van der Waals surface area contributed by atoms with Crippen molar-refractivity contribution in [1.82, 2.24) is 5.42 Å². The molecule has 2 rings (SSSR count). The third-order valence-electron chi connectivity index (χ3n) is 5.95. The fourth-order valence-corrected chi connectivity index (χ4v) is 5.29. The van der Waals surface area contributed by atoms with Gasteiger partial charge in [-0.15, -0.1) is 0 Å². The van der Waals surface area contributed by atoms with E-state index in [0.29, 0.717) is 53.2 Å². The number of hydrogen-bond donors (Lipinski definition) is 2. The molecule has 4 atom stereocenters. The van der Waals surface area contributed by atoms with E-state index < -0.39 is 0 Å². The van der Waals surface area contributed by atoms with Crippen LogP contribution in [0.3, 0.4) is 0 Å². The maximum atomic E-state index is 8.49. The first-order chi connectivity index (χ1) is 11.1. The van der Waals surface area contributed by atoms with Crippen molar-refractivity contribution in [2.75, 3.05) is 0 Å². The molecule has 3 N–H and O–H groups in total. The molecule has 1 aliphatic carbocycles. The van der Waals surface area contributed by atoms with Crippen molar-refractivity contribution in [1.29, 1.82) is 0 Å². The van der Waals surface area contributed by atoms with Gasteiger partial charge in [-0.1, -0.05) is 55.4 Å². The van der Waals surface area contributed by atoms with E-state index in [1.54, 1.807) is 0 Å². The van der Waals surface area contributed by atoms with Crippen LogP contribution in [-0.4, -0.2) is 5.84 Å². The van der Waals surface area contributed by atoms with Gasteiger partial charge in [-0.3, -0.25) is 5.42 Å². The number of hydrazone groups is 1. The van der Waals surface area contributed by atoms with E-state index in [4.69, 9.17) is 7.15 Å². The third-order valence-corrected chi connectivity index (χ3v) is 5.95. The van der Waals surface area contributed by atoms with Crippen LogP contribution in [0.1, 0.15) is 61.8 Å². The molecule has 0 amide bonds. The van der Waals surface area contributed by atoms with E-state index in [2.05, 4.69) is 60.5 Å². The summed E-state index contributed by atoms with van der Waals surface area (Å²) in [5.41, 5.74) is 9.98. The molecule has 0 bridgehead atoms. The van der Waals surface area contributed by atoms with Crippen molar-refractivity contribution in [3.8, 4) is 0 Å². The Bertz CT molecular complexity index is 519. The van der Waals surface area contributed by atoms with Gasteiger partial charge < -0.3 is 5.73 Å². The lowest BCUT2D eigenvalue weighted by Gasteiger charge is -2.52. The lowest BCUT2D eigenvalue weighted by Crippen LogP contribution is -2.49. The van der Waals surface area contributed by atoms with Gasteiger partial charge in [0, 0.05) is 18.0 Å². The van der Waals surface area contributed by atoms with Gasteiger partial charge in [-0.05, 0) is 47.0 Å². The smallest absolute Gasteiger partial charge is 0.190 e. The van der Waals surface area contributed by atoms with Gasteiger partial charge in [-0.25, -0.2) is 0 Å². The van der Waals surface area contributed by atoms with Crippen molar-refractivity contribution in [3.05, 3.63) is 11.3 Å².